The Kier molecular flexibility index (Phi) is 7.23. The number of nitrogens with one attached hydrogen (secondary N) is 1. The summed E-state index contributed by atoms with van der Waals surface area (Å²) in [5.74, 6) is 1.16. The number of aromatic nitrogens is 3. The molecule has 3 aromatic rings. The van der Waals surface area contributed by atoms with Crippen LogP contribution < -0.4 is 4.72 Å². The van der Waals surface area contributed by atoms with Crippen LogP contribution in [0.1, 0.15) is 26.6 Å². The lowest BCUT2D eigenvalue weighted by Gasteiger charge is -2.05. The Hall–Kier alpha value is -2.01. The number of carbonyl (C=O) groups is 1. The number of thioether (sulfide) groups is 1. The van der Waals surface area contributed by atoms with Crippen LogP contribution in [0.3, 0.4) is 0 Å². The van der Waals surface area contributed by atoms with Crippen molar-refractivity contribution in [3.05, 3.63) is 63.6 Å². The van der Waals surface area contributed by atoms with E-state index in [1.165, 1.54) is 16.6 Å². The summed E-state index contributed by atoms with van der Waals surface area (Å²) in [5, 5.41) is 11.2. The average molecular weight is 451 g/mol. The third kappa shape index (κ3) is 6.49. The van der Waals surface area contributed by atoms with E-state index < -0.39 is 10.0 Å². The van der Waals surface area contributed by atoms with Gasteiger partial charge in [-0.25, -0.2) is 13.1 Å². The predicted octanol–water partition coefficient (Wildman–Crippen LogP) is 2.53. The van der Waals surface area contributed by atoms with Crippen molar-refractivity contribution in [2.45, 2.75) is 18.0 Å². The number of ketones is 1. The van der Waals surface area contributed by atoms with Gasteiger partial charge in [0.15, 0.2) is 10.9 Å². The fourth-order valence-corrected chi connectivity index (χ4v) is 4.64. The van der Waals surface area contributed by atoms with E-state index in [0.29, 0.717) is 23.7 Å². The van der Waals surface area contributed by atoms with Crippen LogP contribution in [0, 0.1) is 0 Å². The highest BCUT2D eigenvalue weighted by atomic mass is 32.2. The van der Waals surface area contributed by atoms with Crippen LogP contribution in [0.15, 0.2) is 46.9 Å². The standard InChI is InChI=1S/C19H22N4O3S3/c1-23-18(12-16-4-3-11-27-16)21-22-19(23)28-13-17(24)15-7-5-14(6-8-15)9-10-20-29(2,25)26/h3-8,11,20H,9-10,12-13H2,1-2H3. The number of hydrogen-bond donors (Lipinski definition) is 1. The van der Waals surface area contributed by atoms with Gasteiger partial charge >= 0.3 is 0 Å². The normalized spacial score (nSPS) is 11.7. The smallest absolute Gasteiger partial charge is 0.208 e. The Balaban J connectivity index is 1.52. The Bertz CT molecular complexity index is 1060. The molecule has 0 atom stereocenters. The molecule has 0 aliphatic carbocycles. The van der Waals surface area contributed by atoms with Gasteiger partial charge in [-0.2, -0.15) is 0 Å². The minimum absolute atomic E-state index is 0.0126. The van der Waals surface area contributed by atoms with E-state index in [-0.39, 0.29) is 11.5 Å². The maximum absolute atomic E-state index is 12.5. The van der Waals surface area contributed by atoms with E-state index in [0.717, 1.165) is 24.1 Å². The zero-order valence-corrected chi connectivity index (χ0v) is 18.6. The van der Waals surface area contributed by atoms with E-state index in [4.69, 9.17) is 0 Å². The minimum atomic E-state index is -3.19. The third-order valence-electron chi connectivity index (χ3n) is 4.22. The van der Waals surface area contributed by atoms with Crippen molar-refractivity contribution in [3.63, 3.8) is 0 Å². The highest BCUT2D eigenvalue weighted by Gasteiger charge is 2.13. The van der Waals surface area contributed by atoms with Crippen LogP contribution in [0.2, 0.25) is 0 Å². The number of rotatable bonds is 10. The maximum atomic E-state index is 12.5. The van der Waals surface area contributed by atoms with Gasteiger partial charge in [-0.3, -0.25) is 4.79 Å². The molecule has 2 heterocycles. The zero-order chi connectivity index (χ0) is 20.9. The molecule has 0 fully saturated rings. The molecule has 10 heteroatoms. The van der Waals surface area contributed by atoms with Crippen molar-refractivity contribution in [2.75, 3.05) is 18.6 Å². The van der Waals surface area contributed by atoms with Crippen LogP contribution in [-0.4, -0.2) is 47.5 Å². The third-order valence-corrected chi connectivity index (χ3v) is 6.85. The molecular weight excluding hydrogens is 428 g/mol. The molecule has 1 aromatic carbocycles. The van der Waals surface area contributed by atoms with E-state index in [9.17, 15) is 13.2 Å². The van der Waals surface area contributed by atoms with Gasteiger partial charge in [-0.1, -0.05) is 42.1 Å². The van der Waals surface area contributed by atoms with Gasteiger partial charge in [-0.15, -0.1) is 21.5 Å². The second kappa shape index (κ2) is 9.66. The molecule has 0 spiro atoms. The first kappa shape index (κ1) is 21.7. The summed E-state index contributed by atoms with van der Waals surface area (Å²) < 4.78 is 26.6. The SMILES string of the molecule is Cn1c(Cc2cccs2)nnc1SCC(=O)c1ccc(CCNS(C)(=O)=O)cc1. The van der Waals surface area contributed by atoms with Gasteiger partial charge in [0.2, 0.25) is 10.0 Å². The van der Waals surface area contributed by atoms with Crippen LogP contribution in [0.25, 0.3) is 0 Å². The number of Topliss-reactive ketones (excluding diaryl/α,β-unsaturated/α-hetero) is 1. The number of sulfonamides is 1. The lowest BCUT2D eigenvalue weighted by atomic mass is 10.1. The molecule has 29 heavy (non-hydrogen) atoms. The van der Waals surface area contributed by atoms with Crippen molar-refractivity contribution in [1.82, 2.24) is 19.5 Å². The summed E-state index contributed by atoms with van der Waals surface area (Å²) in [7, 11) is -1.27. The van der Waals surface area contributed by atoms with Gasteiger partial charge in [0.25, 0.3) is 0 Å². The van der Waals surface area contributed by atoms with E-state index in [1.54, 1.807) is 23.5 Å². The molecule has 0 unspecified atom stereocenters. The van der Waals surface area contributed by atoms with Crippen molar-refractivity contribution in [2.24, 2.45) is 7.05 Å². The molecule has 0 saturated heterocycles. The van der Waals surface area contributed by atoms with Gasteiger partial charge < -0.3 is 4.57 Å². The highest BCUT2D eigenvalue weighted by molar-refractivity contribution is 7.99. The number of thiophene rings is 1. The largest absolute Gasteiger partial charge is 0.309 e. The minimum Gasteiger partial charge on any atom is -0.309 e. The average Bonchev–Trinajstić information content (AvgIpc) is 3.30. The topological polar surface area (TPSA) is 93.9 Å². The molecule has 154 valence electrons. The number of hydrogen-bond acceptors (Lipinski definition) is 7. The summed E-state index contributed by atoms with van der Waals surface area (Å²) in [6.45, 7) is 0.335. The summed E-state index contributed by atoms with van der Waals surface area (Å²) in [6.07, 6.45) is 2.43. The van der Waals surface area contributed by atoms with Crippen LogP contribution in [0.4, 0.5) is 0 Å². The summed E-state index contributed by atoms with van der Waals surface area (Å²) in [4.78, 5) is 13.7. The summed E-state index contributed by atoms with van der Waals surface area (Å²) >= 11 is 3.05. The Morgan fingerprint density at radius 1 is 1.21 bits per heavy atom. The summed E-state index contributed by atoms with van der Waals surface area (Å²) in [5.41, 5.74) is 1.59. The molecule has 0 amide bonds. The van der Waals surface area contributed by atoms with Crippen LogP contribution >= 0.6 is 23.1 Å². The van der Waals surface area contributed by atoms with Crippen molar-refractivity contribution in [1.29, 1.82) is 0 Å². The maximum Gasteiger partial charge on any atom is 0.208 e. The molecule has 0 aliphatic heterocycles. The van der Waals surface area contributed by atoms with Crippen LogP contribution in [-0.2, 0) is 29.9 Å². The van der Waals surface area contributed by atoms with Gasteiger partial charge in [0.05, 0.1) is 12.0 Å². The van der Waals surface area contributed by atoms with Gasteiger partial charge in [-0.05, 0) is 23.4 Å². The number of nitrogens with zero attached hydrogens (tertiary/aromatic N) is 3. The quantitative estimate of drug-likeness (QED) is 0.377. The molecule has 0 radical (unpaired) electrons. The molecule has 1 N–H and O–H groups in total. The monoisotopic (exact) mass is 450 g/mol. The molecule has 0 aliphatic rings. The number of carbonyl (C=O) groups excluding carboxylic acids is 1. The fourth-order valence-electron chi connectivity index (χ4n) is 2.65. The molecule has 2 aromatic heterocycles. The van der Waals surface area contributed by atoms with E-state index in [2.05, 4.69) is 21.0 Å². The second-order valence-corrected chi connectivity index (χ2v) is 10.3. The highest BCUT2D eigenvalue weighted by Crippen LogP contribution is 2.20. The van der Waals surface area contributed by atoms with Gasteiger partial charge in [0.1, 0.15) is 5.82 Å². The molecule has 0 saturated carbocycles. The first-order valence-electron chi connectivity index (χ1n) is 8.92. The molecule has 3 rings (SSSR count). The Morgan fingerprint density at radius 3 is 2.62 bits per heavy atom. The fraction of sp³-hybridized carbons (Fsp3) is 0.316. The van der Waals surface area contributed by atoms with Crippen molar-refractivity contribution >= 4 is 38.9 Å². The Morgan fingerprint density at radius 2 is 1.97 bits per heavy atom. The lowest BCUT2D eigenvalue weighted by molar-refractivity contribution is 0.102. The predicted molar refractivity (Wildman–Crippen MR) is 116 cm³/mol. The van der Waals surface area contributed by atoms with Crippen molar-refractivity contribution < 1.29 is 13.2 Å². The molecule has 0 bridgehead atoms. The van der Waals surface area contributed by atoms with Gasteiger partial charge in [0, 0.05) is 30.5 Å². The molecule has 7 nitrogen and oxygen atoms in total. The Labute approximate surface area is 178 Å². The number of benzene rings is 1. The molecular formula is C19H22N4O3S3. The van der Waals surface area contributed by atoms with Crippen molar-refractivity contribution in [3.8, 4) is 0 Å². The second-order valence-electron chi connectivity index (χ2n) is 6.54. The summed E-state index contributed by atoms with van der Waals surface area (Å²) in [6, 6.07) is 11.3. The van der Waals surface area contributed by atoms with Crippen LogP contribution in [0.5, 0.6) is 0 Å². The lowest BCUT2D eigenvalue weighted by Crippen LogP contribution is -2.24. The van der Waals surface area contributed by atoms with E-state index in [1.807, 2.05) is 35.2 Å². The first-order chi connectivity index (χ1) is 13.8. The van der Waals surface area contributed by atoms with E-state index >= 15 is 0 Å². The first-order valence-corrected chi connectivity index (χ1v) is 12.7. The zero-order valence-electron chi connectivity index (χ0n) is 16.2.